The molecule has 2 N–H and O–H groups in total. The fourth-order valence-electron chi connectivity index (χ4n) is 3.07. The van der Waals surface area contributed by atoms with Gasteiger partial charge in [0.15, 0.2) is 17.8 Å². The number of aldehydes is 1. The molecule has 2 rings (SSSR count). The van der Waals surface area contributed by atoms with Crippen molar-refractivity contribution >= 4 is 22.2 Å². The third-order valence-electron chi connectivity index (χ3n) is 4.09. The van der Waals surface area contributed by atoms with Gasteiger partial charge in [0.2, 0.25) is 0 Å². The molecule has 1 fully saturated rings. The first-order valence-corrected chi connectivity index (χ1v) is 7.66. The van der Waals surface area contributed by atoms with Crippen molar-refractivity contribution in [3.63, 3.8) is 0 Å². The number of likely N-dealkylation sites (tertiary alicyclic amines) is 1. The summed E-state index contributed by atoms with van der Waals surface area (Å²) in [6.45, 7) is 1.62. The number of carbonyl (C=O) groups excluding carboxylic acids is 1. The summed E-state index contributed by atoms with van der Waals surface area (Å²) in [4.78, 5) is 13.5. The maximum atomic E-state index is 11.2. The van der Waals surface area contributed by atoms with Gasteiger partial charge >= 0.3 is 0 Å². The van der Waals surface area contributed by atoms with Crippen LogP contribution in [0.15, 0.2) is 10.5 Å². The van der Waals surface area contributed by atoms with Gasteiger partial charge in [-0.25, -0.2) is 0 Å². The van der Waals surface area contributed by atoms with E-state index in [0.717, 1.165) is 29.3 Å². The van der Waals surface area contributed by atoms with Crippen LogP contribution in [0.3, 0.4) is 0 Å². The quantitative estimate of drug-likeness (QED) is 0.819. The van der Waals surface area contributed by atoms with Crippen LogP contribution >= 0.6 is 15.9 Å². The molecule has 1 aromatic carbocycles. The number of hydrogen-bond acceptors (Lipinski definition) is 5. The van der Waals surface area contributed by atoms with E-state index in [2.05, 4.69) is 27.9 Å². The summed E-state index contributed by atoms with van der Waals surface area (Å²) >= 11 is 3.57. The second kappa shape index (κ2) is 6.77. The molecule has 2 unspecified atom stereocenters. The van der Waals surface area contributed by atoms with Crippen molar-refractivity contribution in [2.45, 2.75) is 12.5 Å². The highest BCUT2D eigenvalue weighted by atomic mass is 79.9. The number of nitrogens with two attached hydrogens (primary N) is 1. The fraction of sp³-hybridized carbons (Fsp3) is 0.533. The topological polar surface area (TPSA) is 64.8 Å². The van der Waals surface area contributed by atoms with Crippen molar-refractivity contribution in [2.24, 2.45) is 11.7 Å². The lowest BCUT2D eigenvalue weighted by Crippen LogP contribution is -2.21. The Morgan fingerprint density at radius 3 is 2.57 bits per heavy atom. The minimum Gasteiger partial charge on any atom is -0.492 e. The van der Waals surface area contributed by atoms with Crippen LogP contribution in [0.25, 0.3) is 0 Å². The Morgan fingerprint density at radius 1 is 1.43 bits per heavy atom. The third kappa shape index (κ3) is 2.93. The molecule has 1 aliphatic rings. The van der Waals surface area contributed by atoms with Gasteiger partial charge in [0.25, 0.3) is 0 Å². The van der Waals surface area contributed by atoms with E-state index in [4.69, 9.17) is 15.2 Å². The van der Waals surface area contributed by atoms with E-state index in [1.54, 1.807) is 20.3 Å². The highest BCUT2D eigenvalue weighted by Crippen LogP contribution is 2.47. The molecule has 0 spiro atoms. The van der Waals surface area contributed by atoms with Crippen LogP contribution in [-0.2, 0) is 0 Å². The van der Waals surface area contributed by atoms with Gasteiger partial charge in [0.1, 0.15) is 0 Å². The Balaban J connectivity index is 2.55. The smallest absolute Gasteiger partial charge is 0.171 e. The second-order valence-corrected chi connectivity index (χ2v) is 6.19. The monoisotopic (exact) mass is 356 g/mol. The average Bonchev–Trinajstić information content (AvgIpc) is 2.86. The molecule has 0 saturated carbocycles. The lowest BCUT2D eigenvalue weighted by molar-refractivity contribution is 0.111. The zero-order valence-corrected chi connectivity index (χ0v) is 14.1. The number of benzene rings is 1. The van der Waals surface area contributed by atoms with Crippen molar-refractivity contribution in [3.8, 4) is 11.5 Å². The molecule has 6 heteroatoms. The van der Waals surface area contributed by atoms with Crippen molar-refractivity contribution in [1.82, 2.24) is 4.90 Å². The van der Waals surface area contributed by atoms with Crippen LogP contribution in [-0.4, -0.2) is 45.5 Å². The summed E-state index contributed by atoms with van der Waals surface area (Å²) in [6, 6.07) is 1.98. The van der Waals surface area contributed by atoms with Crippen LogP contribution in [0.2, 0.25) is 0 Å². The van der Waals surface area contributed by atoms with Crippen molar-refractivity contribution in [3.05, 3.63) is 21.7 Å². The van der Waals surface area contributed by atoms with Crippen LogP contribution in [0.5, 0.6) is 11.5 Å². The zero-order chi connectivity index (χ0) is 15.6. The molecule has 21 heavy (non-hydrogen) atoms. The Hall–Kier alpha value is -1.11. The summed E-state index contributed by atoms with van der Waals surface area (Å²) in [5.41, 5.74) is 7.29. The molecule has 0 aromatic heterocycles. The Labute approximate surface area is 133 Å². The summed E-state index contributed by atoms with van der Waals surface area (Å²) in [5.74, 6) is 1.56. The first-order chi connectivity index (χ1) is 10.1. The van der Waals surface area contributed by atoms with E-state index in [1.807, 2.05) is 0 Å². The van der Waals surface area contributed by atoms with Gasteiger partial charge in [0.05, 0.1) is 19.8 Å². The lowest BCUT2D eigenvalue weighted by Gasteiger charge is -2.25. The summed E-state index contributed by atoms with van der Waals surface area (Å²) in [6.07, 6.45) is 1.74. The van der Waals surface area contributed by atoms with E-state index in [1.165, 1.54) is 0 Å². The Bertz CT molecular complexity index is 536. The molecule has 0 aliphatic carbocycles. The molecule has 0 bridgehead atoms. The van der Waals surface area contributed by atoms with Crippen LogP contribution in [0.1, 0.15) is 28.4 Å². The van der Waals surface area contributed by atoms with Gasteiger partial charge in [-0.3, -0.25) is 9.69 Å². The predicted octanol–water partition coefficient (Wildman–Crippen LogP) is 2.23. The minimum absolute atomic E-state index is 0.192. The van der Waals surface area contributed by atoms with Crippen LogP contribution in [0.4, 0.5) is 0 Å². The normalized spacial score (nSPS) is 22.3. The van der Waals surface area contributed by atoms with Gasteiger partial charge < -0.3 is 15.2 Å². The minimum atomic E-state index is 0.192. The Kier molecular flexibility index (Phi) is 5.24. The van der Waals surface area contributed by atoms with E-state index in [9.17, 15) is 4.79 Å². The highest BCUT2D eigenvalue weighted by Gasteiger charge is 2.34. The largest absolute Gasteiger partial charge is 0.492 e. The zero-order valence-electron chi connectivity index (χ0n) is 12.6. The second-order valence-electron chi connectivity index (χ2n) is 5.34. The van der Waals surface area contributed by atoms with Gasteiger partial charge in [-0.2, -0.15) is 0 Å². The van der Waals surface area contributed by atoms with Crippen LogP contribution in [0, 0.1) is 5.92 Å². The van der Waals surface area contributed by atoms with E-state index in [-0.39, 0.29) is 6.04 Å². The number of carbonyl (C=O) groups is 1. The summed E-state index contributed by atoms with van der Waals surface area (Å²) < 4.78 is 11.8. The maximum absolute atomic E-state index is 11.2. The first kappa shape index (κ1) is 16.3. The summed E-state index contributed by atoms with van der Waals surface area (Å²) in [7, 11) is 5.22. The molecule has 1 heterocycles. The van der Waals surface area contributed by atoms with Gasteiger partial charge in [-0.1, -0.05) is 15.9 Å². The van der Waals surface area contributed by atoms with Gasteiger partial charge in [-0.05, 0) is 32.0 Å². The van der Waals surface area contributed by atoms with E-state index in [0.29, 0.717) is 29.5 Å². The SMILES string of the molecule is COc1c(C=O)cc(Br)c(C2CC(CN)CN2C)c1OC. The molecule has 116 valence electrons. The molecule has 1 aliphatic heterocycles. The molecule has 1 saturated heterocycles. The lowest BCUT2D eigenvalue weighted by atomic mass is 9.97. The standard InChI is InChI=1S/C15H21BrN2O3/c1-18-7-9(6-17)4-12(18)13-11(16)5-10(8-19)14(20-2)15(13)21-3/h5,8-9,12H,4,6-7,17H2,1-3H3. The number of ether oxygens (including phenoxy) is 2. The number of hydrogen-bond donors (Lipinski definition) is 1. The van der Waals surface area contributed by atoms with E-state index >= 15 is 0 Å². The van der Waals surface area contributed by atoms with E-state index < -0.39 is 0 Å². The first-order valence-electron chi connectivity index (χ1n) is 6.87. The third-order valence-corrected chi connectivity index (χ3v) is 4.75. The molecule has 0 radical (unpaired) electrons. The number of rotatable bonds is 5. The number of nitrogens with zero attached hydrogens (tertiary/aromatic N) is 1. The molecule has 2 atom stereocenters. The van der Waals surface area contributed by atoms with Crippen LogP contribution < -0.4 is 15.2 Å². The number of methoxy groups -OCH3 is 2. The molecule has 5 nitrogen and oxygen atoms in total. The molecule has 1 aromatic rings. The summed E-state index contributed by atoms with van der Waals surface area (Å²) in [5, 5.41) is 0. The maximum Gasteiger partial charge on any atom is 0.171 e. The van der Waals surface area contributed by atoms with Gasteiger partial charge in [-0.15, -0.1) is 0 Å². The average molecular weight is 357 g/mol. The Morgan fingerprint density at radius 2 is 2.10 bits per heavy atom. The molecular weight excluding hydrogens is 336 g/mol. The van der Waals surface area contributed by atoms with Gasteiger partial charge in [0, 0.05) is 22.6 Å². The van der Waals surface area contributed by atoms with Crippen molar-refractivity contribution < 1.29 is 14.3 Å². The predicted molar refractivity (Wildman–Crippen MR) is 85.2 cm³/mol. The fourth-order valence-corrected chi connectivity index (χ4v) is 3.76. The number of halogens is 1. The molecule has 0 amide bonds. The highest BCUT2D eigenvalue weighted by molar-refractivity contribution is 9.10. The van der Waals surface area contributed by atoms with Crippen molar-refractivity contribution in [1.29, 1.82) is 0 Å². The molecular formula is C15H21BrN2O3. The van der Waals surface area contributed by atoms with Crippen molar-refractivity contribution in [2.75, 3.05) is 34.4 Å².